The van der Waals surface area contributed by atoms with E-state index in [1.54, 1.807) is 11.1 Å². The first-order valence-electron chi connectivity index (χ1n) is 8.44. The van der Waals surface area contributed by atoms with Gasteiger partial charge in [0.2, 0.25) is 0 Å². The molecule has 0 bridgehead atoms. The Bertz CT molecular complexity index is 758. The van der Waals surface area contributed by atoms with Crippen LogP contribution in [0.4, 0.5) is 11.4 Å². The van der Waals surface area contributed by atoms with Crippen LogP contribution >= 0.6 is 0 Å². The Labute approximate surface area is 149 Å². The highest BCUT2D eigenvalue weighted by atomic mass is 16.1. The lowest BCUT2D eigenvalue weighted by atomic mass is 10.1. The molecule has 25 heavy (non-hydrogen) atoms. The fourth-order valence-corrected chi connectivity index (χ4v) is 2.40. The summed E-state index contributed by atoms with van der Waals surface area (Å²) in [6, 6.07) is 19.3. The van der Waals surface area contributed by atoms with Crippen molar-refractivity contribution < 1.29 is 4.79 Å². The molecule has 2 aromatic carbocycles. The Morgan fingerprint density at radius 3 is 2.44 bits per heavy atom. The van der Waals surface area contributed by atoms with Crippen LogP contribution in [0.3, 0.4) is 0 Å². The van der Waals surface area contributed by atoms with Crippen LogP contribution in [0.2, 0.25) is 0 Å². The highest BCUT2D eigenvalue weighted by Gasteiger charge is 2.11. The summed E-state index contributed by atoms with van der Waals surface area (Å²) < 4.78 is 0. The Morgan fingerprint density at radius 1 is 1.16 bits per heavy atom. The molecule has 0 aliphatic heterocycles. The van der Waals surface area contributed by atoms with Gasteiger partial charge in [0, 0.05) is 24.6 Å². The normalized spacial score (nSPS) is 10.8. The maximum atomic E-state index is 12.3. The molecular weight excluding hydrogens is 310 g/mol. The number of hydrogen-bond donors (Lipinski definition) is 1. The second-order valence-corrected chi connectivity index (χ2v) is 5.86. The highest BCUT2D eigenvalue weighted by molar-refractivity contribution is 6.06. The molecule has 2 aromatic rings. The third kappa shape index (κ3) is 5.50. The van der Waals surface area contributed by atoms with Crippen molar-refractivity contribution in [2.45, 2.75) is 26.2 Å². The molecule has 0 spiro atoms. The van der Waals surface area contributed by atoms with Crippen molar-refractivity contribution in [3.63, 3.8) is 0 Å². The number of nitrogens with zero attached hydrogens (tertiary/aromatic N) is 2. The van der Waals surface area contributed by atoms with Crippen LogP contribution in [0.15, 0.2) is 66.4 Å². The molecule has 0 aromatic heterocycles. The van der Waals surface area contributed by atoms with E-state index >= 15 is 0 Å². The standard InChI is InChI=1S/C21H23N3O/c1-3-4-8-17-11-13-19(14-12-17)23-21(25)18(15-22)16-24(2)20-9-6-5-7-10-20/h5-7,9-14,16H,3-4,8H2,1-2H3,(H,23,25)/b18-16-. The first-order chi connectivity index (χ1) is 12.1. The lowest BCUT2D eigenvalue weighted by Crippen LogP contribution is -2.17. The maximum Gasteiger partial charge on any atom is 0.267 e. The molecule has 0 saturated carbocycles. The van der Waals surface area contributed by atoms with E-state index in [1.165, 1.54) is 5.56 Å². The molecule has 0 aliphatic carbocycles. The van der Waals surface area contributed by atoms with Gasteiger partial charge in [-0.1, -0.05) is 43.7 Å². The zero-order valence-electron chi connectivity index (χ0n) is 14.7. The predicted molar refractivity (Wildman–Crippen MR) is 102 cm³/mol. The number of nitrogens with one attached hydrogen (secondary N) is 1. The van der Waals surface area contributed by atoms with Crippen molar-refractivity contribution in [3.05, 3.63) is 71.9 Å². The Kier molecular flexibility index (Phi) is 6.79. The molecule has 0 heterocycles. The monoisotopic (exact) mass is 333 g/mol. The lowest BCUT2D eigenvalue weighted by Gasteiger charge is -2.14. The van der Waals surface area contributed by atoms with Gasteiger partial charge >= 0.3 is 0 Å². The number of benzene rings is 2. The SMILES string of the molecule is CCCCc1ccc(NC(=O)/C(C#N)=C\N(C)c2ccccc2)cc1. The maximum absolute atomic E-state index is 12.3. The summed E-state index contributed by atoms with van der Waals surface area (Å²) in [4.78, 5) is 14.1. The number of unbranched alkanes of at least 4 members (excludes halogenated alkanes) is 1. The number of anilines is 2. The van der Waals surface area contributed by atoms with E-state index in [-0.39, 0.29) is 5.57 Å². The molecule has 0 fully saturated rings. The van der Waals surface area contributed by atoms with Gasteiger partial charge in [-0.25, -0.2) is 0 Å². The zero-order valence-corrected chi connectivity index (χ0v) is 14.7. The number of hydrogen-bond acceptors (Lipinski definition) is 3. The van der Waals surface area contributed by atoms with Gasteiger partial charge in [-0.2, -0.15) is 5.26 Å². The number of carbonyl (C=O) groups is 1. The Morgan fingerprint density at radius 2 is 1.84 bits per heavy atom. The molecule has 0 unspecified atom stereocenters. The third-order valence-electron chi connectivity index (χ3n) is 3.88. The molecule has 0 aliphatic rings. The van der Waals surface area contributed by atoms with Crippen molar-refractivity contribution in [2.75, 3.05) is 17.3 Å². The van der Waals surface area contributed by atoms with E-state index < -0.39 is 5.91 Å². The Hall–Kier alpha value is -3.06. The quantitative estimate of drug-likeness (QED) is 0.599. The number of aryl methyl sites for hydroxylation is 1. The molecule has 4 heteroatoms. The van der Waals surface area contributed by atoms with Gasteiger partial charge in [0.25, 0.3) is 5.91 Å². The number of carbonyl (C=O) groups excluding carboxylic acids is 1. The minimum atomic E-state index is -0.411. The molecule has 128 valence electrons. The van der Waals surface area contributed by atoms with E-state index in [1.807, 2.05) is 67.7 Å². The first kappa shape index (κ1) is 18.3. The van der Waals surface area contributed by atoms with Crippen LogP contribution in [-0.4, -0.2) is 13.0 Å². The number of amides is 1. The summed E-state index contributed by atoms with van der Waals surface area (Å²) >= 11 is 0. The molecule has 0 saturated heterocycles. The summed E-state index contributed by atoms with van der Waals surface area (Å²) in [5, 5.41) is 12.1. The smallest absolute Gasteiger partial charge is 0.267 e. The number of para-hydroxylation sites is 1. The van der Waals surface area contributed by atoms with E-state index in [0.717, 1.165) is 24.9 Å². The lowest BCUT2D eigenvalue weighted by molar-refractivity contribution is -0.112. The topological polar surface area (TPSA) is 56.1 Å². The first-order valence-corrected chi connectivity index (χ1v) is 8.44. The minimum Gasteiger partial charge on any atom is -0.350 e. The molecule has 2 rings (SSSR count). The van der Waals surface area contributed by atoms with E-state index in [2.05, 4.69) is 12.2 Å². The fraction of sp³-hybridized carbons (Fsp3) is 0.238. The van der Waals surface area contributed by atoms with Crippen LogP contribution in [0.25, 0.3) is 0 Å². The summed E-state index contributed by atoms with van der Waals surface area (Å²) in [7, 11) is 1.81. The average molecular weight is 333 g/mol. The molecule has 0 atom stereocenters. The van der Waals surface area contributed by atoms with Crippen molar-refractivity contribution in [2.24, 2.45) is 0 Å². The molecule has 1 amide bonds. The van der Waals surface area contributed by atoms with Gasteiger partial charge in [-0.3, -0.25) is 4.79 Å². The van der Waals surface area contributed by atoms with Gasteiger partial charge in [-0.05, 0) is 42.7 Å². The summed E-state index contributed by atoms with van der Waals surface area (Å²) in [6.07, 6.45) is 4.89. The second-order valence-electron chi connectivity index (χ2n) is 5.86. The third-order valence-corrected chi connectivity index (χ3v) is 3.88. The van der Waals surface area contributed by atoms with Gasteiger partial charge in [0.1, 0.15) is 11.6 Å². The van der Waals surface area contributed by atoms with Crippen molar-refractivity contribution in [1.29, 1.82) is 5.26 Å². The second kappa shape index (κ2) is 9.29. The Balaban J connectivity index is 2.04. The van der Waals surface area contributed by atoms with Gasteiger partial charge in [0.15, 0.2) is 0 Å². The van der Waals surface area contributed by atoms with Crippen LogP contribution in [0, 0.1) is 11.3 Å². The zero-order chi connectivity index (χ0) is 18.1. The van der Waals surface area contributed by atoms with Gasteiger partial charge in [0.05, 0.1) is 0 Å². The molecule has 0 radical (unpaired) electrons. The largest absolute Gasteiger partial charge is 0.350 e. The van der Waals surface area contributed by atoms with Crippen molar-refractivity contribution in [3.8, 4) is 6.07 Å². The summed E-state index contributed by atoms with van der Waals surface area (Å²) in [6.45, 7) is 2.16. The van der Waals surface area contributed by atoms with Gasteiger partial charge < -0.3 is 10.2 Å². The molecule has 4 nitrogen and oxygen atoms in total. The summed E-state index contributed by atoms with van der Waals surface area (Å²) in [5.41, 5.74) is 2.90. The van der Waals surface area contributed by atoms with Crippen LogP contribution in [-0.2, 0) is 11.2 Å². The van der Waals surface area contributed by atoms with Gasteiger partial charge in [-0.15, -0.1) is 0 Å². The number of nitriles is 1. The molecule has 1 N–H and O–H groups in total. The minimum absolute atomic E-state index is 0.0569. The fourth-order valence-electron chi connectivity index (χ4n) is 2.40. The van der Waals surface area contributed by atoms with Crippen molar-refractivity contribution in [1.82, 2.24) is 0 Å². The van der Waals surface area contributed by atoms with Crippen LogP contribution in [0.1, 0.15) is 25.3 Å². The van der Waals surface area contributed by atoms with E-state index in [4.69, 9.17) is 0 Å². The average Bonchev–Trinajstić information content (AvgIpc) is 2.66. The van der Waals surface area contributed by atoms with Crippen LogP contribution in [0.5, 0.6) is 0 Å². The highest BCUT2D eigenvalue weighted by Crippen LogP contribution is 2.15. The number of rotatable bonds is 7. The van der Waals surface area contributed by atoms with Crippen molar-refractivity contribution >= 4 is 17.3 Å². The predicted octanol–water partition coefficient (Wildman–Crippen LogP) is 4.51. The summed E-state index contributed by atoms with van der Waals surface area (Å²) in [5.74, 6) is -0.411. The van der Waals surface area contributed by atoms with Crippen LogP contribution < -0.4 is 10.2 Å². The van der Waals surface area contributed by atoms with E-state index in [0.29, 0.717) is 5.69 Å². The molecular formula is C21H23N3O. The van der Waals surface area contributed by atoms with E-state index in [9.17, 15) is 10.1 Å².